The number of rotatable bonds is 5. The average Bonchev–Trinajstić information content (AvgIpc) is 3.51. The zero-order valence-electron chi connectivity index (χ0n) is 20.5. The van der Waals surface area contributed by atoms with Crippen LogP contribution in [0, 0.1) is 5.82 Å². The molecule has 0 N–H and O–H groups in total. The minimum Gasteiger partial charge on any atom is -0.351 e. The molecule has 0 bridgehead atoms. The van der Waals surface area contributed by atoms with Crippen LogP contribution < -0.4 is 9.80 Å². The van der Waals surface area contributed by atoms with Gasteiger partial charge in [-0.25, -0.2) is 23.9 Å². The molecular formula is C26H25ClFN9. The molecule has 11 heteroatoms. The molecule has 6 rings (SSSR count). The molecule has 0 spiro atoms. The highest BCUT2D eigenvalue weighted by atomic mass is 35.5. The Morgan fingerprint density at radius 1 is 0.865 bits per heavy atom. The second-order valence-electron chi connectivity index (χ2n) is 9.20. The number of hydrogen-bond acceptors (Lipinski definition) is 7. The van der Waals surface area contributed by atoms with Gasteiger partial charge < -0.3 is 9.80 Å². The molecule has 5 heterocycles. The van der Waals surface area contributed by atoms with Gasteiger partial charge in [0.25, 0.3) is 0 Å². The maximum absolute atomic E-state index is 13.3. The van der Waals surface area contributed by atoms with Crippen molar-refractivity contribution in [3.05, 3.63) is 83.5 Å². The van der Waals surface area contributed by atoms with E-state index in [4.69, 9.17) is 11.6 Å². The lowest BCUT2D eigenvalue weighted by Crippen LogP contribution is -2.47. The number of benzene rings is 1. The largest absolute Gasteiger partial charge is 0.351 e. The van der Waals surface area contributed by atoms with Gasteiger partial charge in [0.15, 0.2) is 5.82 Å². The zero-order valence-corrected chi connectivity index (χ0v) is 21.2. The van der Waals surface area contributed by atoms with Gasteiger partial charge in [0.2, 0.25) is 5.95 Å². The first kappa shape index (κ1) is 23.4. The number of anilines is 2. The van der Waals surface area contributed by atoms with Gasteiger partial charge in [0.1, 0.15) is 17.7 Å². The number of hydrogen-bond donors (Lipinski definition) is 0. The predicted octanol–water partition coefficient (Wildman–Crippen LogP) is 4.19. The molecule has 0 saturated carbocycles. The van der Waals surface area contributed by atoms with Crippen molar-refractivity contribution in [2.75, 3.05) is 36.0 Å². The normalized spacial score (nSPS) is 14.9. The number of nitrogens with zero attached hydrogens (tertiary/aromatic N) is 9. The fraction of sp³-hybridized carbons (Fsp3) is 0.269. The minimum atomic E-state index is -0.238. The van der Waals surface area contributed by atoms with E-state index in [-0.39, 0.29) is 11.7 Å². The molecule has 1 aromatic carbocycles. The number of halogens is 2. The molecule has 1 aliphatic rings. The van der Waals surface area contributed by atoms with Crippen LogP contribution in [0.4, 0.5) is 16.2 Å². The molecule has 1 aliphatic heterocycles. The van der Waals surface area contributed by atoms with Crippen LogP contribution in [0.3, 0.4) is 0 Å². The summed E-state index contributed by atoms with van der Waals surface area (Å²) >= 11 is 6.83. The summed E-state index contributed by atoms with van der Waals surface area (Å²) in [5.74, 6) is 1.34. The smallest absolute Gasteiger partial charge is 0.225 e. The van der Waals surface area contributed by atoms with Crippen LogP contribution in [0.15, 0.2) is 61.6 Å². The first-order chi connectivity index (χ1) is 18.0. The van der Waals surface area contributed by atoms with E-state index >= 15 is 0 Å². The van der Waals surface area contributed by atoms with Crippen molar-refractivity contribution in [1.82, 2.24) is 34.3 Å². The Morgan fingerprint density at radius 2 is 1.57 bits per heavy atom. The summed E-state index contributed by atoms with van der Waals surface area (Å²) in [6.45, 7) is 5.05. The lowest BCUT2D eigenvalue weighted by Gasteiger charge is -2.35. The molecule has 1 fully saturated rings. The van der Waals surface area contributed by atoms with E-state index in [1.165, 1.54) is 12.1 Å². The Hall–Kier alpha value is -4.05. The Morgan fingerprint density at radius 3 is 2.24 bits per heavy atom. The van der Waals surface area contributed by atoms with Gasteiger partial charge in [-0.05, 0) is 23.3 Å². The molecule has 188 valence electrons. The van der Waals surface area contributed by atoms with Crippen molar-refractivity contribution < 1.29 is 4.39 Å². The first-order valence-corrected chi connectivity index (χ1v) is 12.4. The van der Waals surface area contributed by atoms with Gasteiger partial charge in [-0.2, -0.15) is 10.2 Å². The van der Waals surface area contributed by atoms with Crippen LogP contribution in [0.2, 0.25) is 5.02 Å². The SMILES string of the molecule is CC(c1ccc(F)cc1)c1cnc(N2CCN(c3ncnn4cc(-c5cnn(C)c5)c(Cl)c34)CC2)nc1. The van der Waals surface area contributed by atoms with Crippen molar-refractivity contribution in [1.29, 1.82) is 0 Å². The number of piperazine rings is 1. The highest BCUT2D eigenvalue weighted by Crippen LogP contribution is 2.36. The maximum Gasteiger partial charge on any atom is 0.225 e. The van der Waals surface area contributed by atoms with Crippen molar-refractivity contribution >= 4 is 28.9 Å². The molecule has 5 aromatic rings. The monoisotopic (exact) mass is 517 g/mol. The average molecular weight is 518 g/mol. The van der Waals surface area contributed by atoms with Crippen LogP contribution in [-0.4, -0.2) is 60.5 Å². The standard InChI is InChI=1S/C26H25ClFN9/c1-17(18-3-5-21(28)6-4-18)19-11-29-26(30-12-19)36-9-7-35(8-10-36)25-24-23(27)22(15-37(24)33-16-31-25)20-13-32-34(2)14-20/h3-6,11-17H,7-10H2,1-2H3. The fourth-order valence-corrected chi connectivity index (χ4v) is 5.06. The minimum absolute atomic E-state index is 0.0787. The summed E-state index contributed by atoms with van der Waals surface area (Å²) in [5, 5.41) is 9.25. The van der Waals surface area contributed by atoms with Gasteiger partial charge in [0.05, 0.1) is 11.2 Å². The maximum atomic E-state index is 13.3. The molecule has 0 amide bonds. The molecule has 1 saturated heterocycles. The van der Waals surface area contributed by atoms with Crippen LogP contribution >= 0.6 is 11.6 Å². The van der Waals surface area contributed by atoms with Crippen LogP contribution in [0.1, 0.15) is 24.0 Å². The van der Waals surface area contributed by atoms with E-state index in [0.717, 1.165) is 59.8 Å². The van der Waals surface area contributed by atoms with Gasteiger partial charge >= 0.3 is 0 Å². The predicted molar refractivity (Wildman–Crippen MR) is 141 cm³/mol. The van der Waals surface area contributed by atoms with Crippen molar-refractivity contribution in [2.45, 2.75) is 12.8 Å². The Labute approximate surface area is 218 Å². The molecule has 1 atom stereocenters. The third-order valence-electron chi connectivity index (χ3n) is 6.90. The van der Waals surface area contributed by atoms with E-state index in [2.05, 4.69) is 41.9 Å². The van der Waals surface area contributed by atoms with Gasteiger partial charge in [0, 0.05) is 75.1 Å². The summed E-state index contributed by atoms with van der Waals surface area (Å²) in [5.41, 5.74) is 4.61. The second-order valence-corrected chi connectivity index (χ2v) is 9.58. The molecule has 4 aromatic heterocycles. The Balaban J connectivity index is 1.17. The zero-order chi connectivity index (χ0) is 25.5. The third-order valence-corrected chi connectivity index (χ3v) is 7.28. The van der Waals surface area contributed by atoms with Crippen molar-refractivity contribution in [2.24, 2.45) is 7.05 Å². The Kier molecular flexibility index (Phi) is 5.96. The lowest BCUT2D eigenvalue weighted by atomic mass is 9.95. The van der Waals surface area contributed by atoms with Gasteiger partial charge in [-0.15, -0.1) is 0 Å². The molecule has 9 nitrogen and oxygen atoms in total. The number of aryl methyl sites for hydroxylation is 1. The Bertz CT molecular complexity index is 1540. The number of fused-ring (bicyclic) bond motifs is 1. The lowest BCUT2D eigenvalue weighted by molar-refractivity contribution is 0.626. The molecule has 0 radical (unpaired) electrons. The fourth-order valence-electron chi connectivity index (χ4n) is 4.73. The van der Waals surface area contributed by atoms with Crippen LogP contribution in [0.5, 0.6) is 0 Å². The molecule has 0 aliphatic carbocycles. The van der Waals surface area contributed by atoms with Gasteiger partial charge in [-0.1, -0.05) is 30.7 Å². The molecular weight excluding hydrogens is 493 g/mol. The topological polar surface area (TPSA) is 80.3 Å². The van der Waals surface area contributed by atoms with Crippen molar-refractivity contribution in [3.8, 4) is 11.1 Å². The van der Waals surface area contributed by atoms with E-state index in [1.807, 2.05) is 31.8 Å². The van der Waals surface area contributed by atoms with Crippen molar-refractivity contribution in [3.63, 3.8) is 0 Å². The summed E-state index contributed by atoms with van der Waals surface area (Å²) in [6, 6.07) is 6.56. The van der Waals surface area contributed by atoms with Crippen LogP contribution in [0.25, 0.3) is 16.6 Å². The second kappa shape index (κ2) is 9.44. The summed E-state index contributed by atoms with van der Waals surface area (Å²) in [4.78, 5) is 18.2. The summed E-state index contributed by atoms with van der Waals surface area (Å²) < 4.78 is 16.8. The first-order valence-electron chi connectivity index (χ1n) is 12.1. The molecule has 1 unspecified atom stereocenters. The summed E-state index contributed by atoms with van der Waals surface area (Å²) in [6.07, 6.45) is 10.9. The van der Waals surface area contributed by atoms with E-state index < -0.39 is 0 Å². The quantitative estimate of drug-likeness (QED) is 0.346. The highest BCUT2D eigenvalue weighted by Gasteiger charge is 2.25. The van der Waals surface area contributed by atoms with E-state index in [9.17, 15) is 4.39 Å². The van der Waals surface area contributed by atoms with Gasteiger partial charge in [-0.3, -0.25) is 4.68 Å². The molecule has 37 heavy (non-hydrogen) atoms. The third kappa shape index (κ3) is 4.37. The highest BCUT2D eigenvalue weighted by molar-refractivity contribution is 6.37. The van der Waals surface area contributed by atoms with Crippen LogP contribution in [-0.2, 0) is 7.05 Å². The summed E-state index contributed by atoms with van der Waals surface area (Å²) in [7, 11) is 1.88. The number of aromatic nitrogens is 7. The van der Waals surface area contributed by atoms with E-state index in [1.54, 1.807) is 33.9 Å². The van der Waals surface area contributed by atoms with E-state index in [0.29, 0.717) is 11.0 Å².